The van der Waals surface area contributed by atoms with E-state index in [1.807, 2.05) is 0 Å². The summed E-state index contributed by atoms with van der Waals surface area (Å²) in [6.45, 7) is 7.26. The molecule has 2 saturated heterocycles. The van der Waals surface area contributed by atoms with Gasteiger partial charge in [0, 0.05) is 18.8 Å². The van der Waals surface area contributed by atoms with Gasteiger partial charge in [-0.05, 0) is 62.2 Å². The van der Waals surface area contributed by atoms with E-state index in [2.05, 4.69) is 41.4 Å². The molecule has 2 aliphatic rings. The van der Waals surface area contributed by atoms with Crippen LogP contribution in [-0.4, -0.2) is 26.2 Å². The normalized spacial score (nSPS) is 24.9. The van der Waals surface area contributed by atoms with Crippen LogP contribution >= 0.6 is 0 Å². The highest BCUT2D eigenvalue weighted by molar-refractivity contribution is 5.53. The number of nitrogens with zero attached hydrogens (tertiary/aromatic N) is 1. The first-order valence-corrected chi connectivity index (χ1v) is 7.92. The van der Waals surface area contributed by atoms with Crippen LogP contribution in [0.2, 0.25) is 0 Å². The zero-order valence-electron chi connectivity index (χ0n) is 12.1. The van der Waals surface area contributed by atoms with E-state index in [9.17, 15) is 0 Å². The molecule has 0 aliphatic carbocycles. The van der Waals surface area contributed by atoms with Crippen LogP contribution in [0, 0.1) is 11.8 Å². The maximum atomic E-state index is 3.52. The van der Waals surface area contributed by atoms with Crippen LogP contribution in [-0.2, 0) is 6.42 Å². The highest BCUT2D eigenvalue weighted by atomic mass is 15.1. The first kappa shape index (κ1) is 13.0. The molecule has 0 amide bonds. The minimum atomic E-state index is 0.948. The van der Waals surface area contributed by atoms with E-state index < -0.39 is 0 Å². The number of hydrogen-bond donors (Lipinski definition) is 1. The van der Waals surface area contributed by atoms with E-state index in [4.69, 9.17) is 0 Å². The van der Waals surface area contributed by atoms with Gasteiger partial charge in [0.15, 0.2) is 0 Å². The van der Waals surface area contributed by atoms with Gasteiger partial charge in [-0.1, -0.05) is 25.1 Å². The monoisotopic (exact) mass is 258 g/mol. The van der Waals surface area contributed by atoms with Gasteiger partial charge in [-0.3, -0.25) is 0 Å². The van der Waals surface area contributed by atoms with E-state index >= 15 is 0 Å². The zero-order chi connectivity index (χ0) is 13.1. The van der Waals surface area contributed by atoms with Crippen LogP contribution in [0.4, 0.5) is 5.69 Å². The summed E-state index contributed by atoms with van der Waals surface area (Å²) in [6.07, 6.45) is 5.30. The molecule has 1 aromatic rings. The summed E-state index contributed by atoms with van der Waals surface area (Å²) in [5, 5.41) is 3.52. The van der Waals surface area contributed by atoms with Crippen molar-refractivity contribution >= 4 is 5.69 Å². The van der Waals surface area contributed by atoms with E-state index in [0.29, 0.717) is 0 Å². The lowest BCUT2D eigenvalue weighted by Crippen LogP contribution is -2.37. The second-order valence-electron chi connectivity index (χ2n) is 6.06. The SMILES string of the molecule is CCc1ccccc1N1CCC(C2CCNC2)CC1. The number of nitrogens with one attached hydrogen (secondary N) is 1. The Morgan fingerprint density at radius 3 is 2.58 bits per heavy atom. The summed E-state index contributed by atoms with van der Waals surface area (Å²) < 4.78 is 0. The molecule has 0 bridgehead atoms. The third-order valence-corrected chi connectivity index (χ3v) is 5.02. The van der Waals surface area contributed by atoms with Crippen LogP contribution in [0.1, 0.15) is 31.7 Å². The maximum Gasteiger partial charge on any atom is 0.0398 e. The summed E-state index contributed by atoms with van der Waals surface area (Å²) in [6, 6.07) is 8.93. The molecule has 0 radical (unpaired) electrons. The second kappa shape index (κ2) is 5.96. The van der Waals surface area contributed by atoms with Gasteiger partial charge < -0.3 is 10.2 Å². The Kier molecular flexibility index (Phi) is 4.07. The summed E-state index contributed by atoms with van der Waals surface area (Å²) >= 11 is 0. The number of hydrogen-bond acceptors (Lipinski definition) is 2. The lowest BCUT2D eigenvalue weighted by atomic mass is 9.83. The molecular weight excluding hydrogens is 232 g/mol. The molecule has 2 fully saturated rings. The average molecular weight is 258 g/mol. The fourth-order valence-electron chi connectivity index (χ4n) is 3.81. The third-order valence-electron chi connectivity index (χ3n) is 5.02. The quantitative estimate of drug-likeness (QED) is 0.896. The largest absolute Gasteiger partial charge is 0.371 e. The maximum absolute atomic E-state index is 3.52. The first-order valence-electron chi connectivity index (χ1n) is 7.92. The van der Waals surface area contributed by atoms with Gasteiger partial charge in [-0.2, -0.15) is 0 Å². The van der Waals surface area contributed by atoms with Crippen molar-refractivity contribution in [2.24, 2.45) is 11.8 Å². The zero-order valence-corrected chi connectivity index (χ0v) is 12.1. The van der Waals surface area contributed by atoms with E-state index in [1.54, 1.807) is 0 Å². The van der Waals surface area contributed by atoms with Crippen molar-refractivity contribution in [2.75, 3.05) is 31.1 Å². The minimum Gasteiger partial charge on any atom is -0.371 e. The van der Waals surface area contributed by atoms with Gasteiger partial charge in [0.25, 0.3) is 0 Å². The van der Waals surface area contributed by atoms with Gasteiger partial charge in [0.2, 0.25) is 0 Å². The Hall–Kier alpha value is -1.02. The standard InChI is InChI=1S/C17H26N2/c1-2-14-5-3-4-6-17(14)19-11-8-15(9-12-19)16-7-10-18-13-16/h3-6,15-16,18H,2,7-13H2,1H3. The Morgan fingerprint density at radius 1 is 1.11 bits per heavy atom. The number of para-hydroxylation sites is 1. The number of anilines is 1. The molecule has 2 nitrogen and oxygen atoms in total. The topological polar surface area (TPSA) is 15.3 Å². The highest BCUT2D eigenvalue weighted by Crippen LogP contribution is 2.32. The summed E-state index contributed by atoms with van der Waals surface area (Å²) in [5.41, 5.74) is 2.98. The Bertz CT molecular complexity index is 401. The average Bonchev–Trinajstić information content (AvgIpc) is 3.02. The smallest absolute Gasteiger partial charge is 0.0398 e. The van der Waals surface area contributed by atoms with Gasteiger partial charge in [-0.15, -0.1) is 0 Å². The Morgan fingerprint density at radius 2 is 1.89 bits per heavy atom. The molecule has 1 aromatic carbocycles. The molecule has 0 saturated carbocycles. The van der Waals surface area contributed by atoms with Crippen molar-refractivity contribution in [1.29, 1.82) is 0 Å². The lowest BCUT2D eigenvalue weighted by molar-refractivity contribution is 0.292. The molecular formula is C17H26N2. The van der Waals surface area contributed by atoms with E-state index in [0.717, 1.165) is 18.3 Å². The van der Waals surface area contributed by atoms with Crippen molar-refractivity contribution < 1.29 is 0 Å². The fraction of sp³-hybridized carbons (Fsp3) is 0.647. The number of aryl methyl sites for hydroxylation is 1. The third kappa shape index (κ3) is 2.79. The second-order valence-corrected chi connectivity index (χ2v) is 6.06. The number of piperidine rings is 1. The van der Waals surface area contributed by atoms with Crippen LogP contribution < -0.4 is 10.2 Å². The van der Waals surface area contributed by atoms with E-state index in [1.165, 1.54) is 56.7 Å². The molecule has 0 aromatic heterocycles. The Labute approximate surface area is 117 Å². The van der Waals surface area contributed by atoms with Gasteiger partial charge in [-0.25, -0.2) is 0 Å². The van der Waals surface area contributed by atoms with Crippen molar-refractivity contribution in [3.05, 3.63) is 29.8 Å². The number of rotatable bonds is 3. The van der Waals surface area contributed by atoms with Gasteiger partial charge in [0.05, 0.1) is 0 Å². The molecule has 0 spiro atoms. The fourth-order valence-corrected chi connectivity index (χ4v) is 3.81. The van der Waals surface area contributed by atoms with Gasteiger partial charge >= 0.3 is 0 Å². The van der Waals surface area contributed by atoms with E-state index in [-0.39, 0.29) is 0 Å². The molecule has 3 rings (SSSR count). The molecule has 1 N–H and O–H groups in total. The summed E-state index contributed by atoms with van der Waals surface area (Å²) in [7, 11) is 0. The van der Waals surface area contributed by atoms with Crippen LogP contribution in [0.25, 0.3) is 0 Å². The summed E-state index contributed by atoms with van der Waals surface area (Å²) in [4.78, 5) is 2.61. The molecule has 104 valence electrons. The van der Waals surface area contributed by atoms with Crippen LogP contribution in [0.15, 0.2) is 24.3 Å². The Balaban J connectivity index is 1.63. The lowest BCUT2D eigenvalue weighted by Gasteiger charge is -2.37. The predicted molar refractivity (Wildman–Crippen MR) is 81.7 cm³/mol. The van der Waals surface area contributed by atoms with Crippen LogP contribution in [0.3, 0.4) is 0 Å². The van der Waals surface area contributed by atoms with Crippen molar-refractivity contribution in [1.82, 2.24) is 5.32 Å². The highest BCUT2D eigenvalue weighted by Gasteiger charge is 2.28. The van der Waals surface area contributed by atoms with Crippen molar-refractivity contribution in [3.63, 3.8) is 0 Å². The minimum absolute atomic E-state index is 0.948. The van der Waals surface area contributed by atoms with Gasteiger partial charge in [0.1, 0.15) is 0 Å². The molecule has 1 atom stereocenters. The van der Waals surface area contributed by atoms with Crippen molar-refractivity contribution in [2.45, 2.75) is 32.6 Å². The molecule has 2 heterocycles. The molecule has 2 heteroatoms. The molecule has 2 aliphatic heterocycles. The number of benzene rings is 1. The molecule has 19 heavy (non-hydrogen) atoms. The predicted octanol–water partition coefficient (Wildman–Crippen LogP) is 3.07. The molecule has 1 unspecified atom stereocenters. The van der Waals surface area contributed by atoms with Crippen molar-refractivity contribution in [3.8, 4) is 0 Å². The summed E-state index contributed by atoms with van der Waals surface area (Å²) in [5.74, 6) is 1.91. The van der Waals surface area contributed by atoms with Crippen LogP contribution in [0.5, 0.6) is 0 Å². The first-order chi connectivity index (χ1) is 9.38.